The first kappa shape index (κ1) is 17.7. The average molecular weight is 346 g/mol. The molecule has 2 aliphatic rings. The van der Waals surface area contributed by atoms with Crippen LogP contribution in [0.25, 0.3) is 0 Å². The molecule has 6 heteroatoms. The number of rotatable bonds is 4. The molecule has 1 amide bonds. The Morgan fingerprint density at radius 3 is 2.60 bits per heavy atom. The van der Waals surface area contributed by atoms with Crippen LogP contribution in [-0.2, 0) is 20.7 Å². The molecule has 0 aromatic heterocycles. The second kappa shape index (κ2) is 7.87. The normalized spacial score (nSPS) is 18.6. The van der Waals surface area contributed by atoms with Crippen LogP contribution >= 0.6 is 0 Å². The molecule has 0 bridgehead atoms. The van der Waals surface area contributed by atoms with Crippen LogP contribution in [0.5, 0.6) is 5.75 Å². The fraction of sp³-hybridized carbons (Fsp3) is 0.579. The number of fused-ring (bicyclic) bond motifs is 1. The number of aryl methyl sites for hydroxylation is 1. The summed E-state index contributed by atoms with van der Waals surface area (Å²) in [7, 11) is 3.09. The van der Waals surface area contributed by atoms with Crippen LogP contribution in [-0.4, -0.2) is 57.2 Å². The highest BCUT2D eigenvalue weighted by atomic mass is 16.5. The van der Waals surface area contributed by atoms with E-state index in [2.05, 4.69) is 4.90 Å². The van der Waals surface area contributed by atoms with Gasteiger partial charge >= 0.3 is 5.97 Å². The molecule has 0 spiro atoms. The minimum absolute atomic E-state index is 0.0282. The van der Waals surface area contributed by atoms with Crippen LogP contribution < -0.4 is 9.64 Å². The van der Waals surface area contributed by atoms with E-state index in [1.165, 1.54) is 12.7 Å². The van der Waals surface area contributed by atoms with Gasteiger partial charge < -0.3 is 14.4 Å². The fourth-order valence-electron chi connectivity index (χ4n) is 3.73. The Labute approximate surface area is 148 Å². The maximum Gasteiger partial charge on any atom is 0.308 e. The molecule has 1 saturated heterocycles. The summed E-state index contributed by atoms with van der Waals surface area (Å²) in [6, 6.07) is 5.91. The van der Waals surface area contributed by atoms with E-state index in [1.807, 2.05) is 23.1 Å². The van der Waals surface area contributed by atoms with Gasteiger partial charge in [0.1, 0.15) is 5.75 Å². The summed E-state index contributed by atoms with van der Waals surface area (Å²) in [5.74, 6) is 0.796. The maximum absolute atomic E-state index is 12.8. The molecule has 0 radical (unpaired) electrons. The van der Waals surface area contributed by atoms with Gasteiger partial charge in [-0.1, -0.05) is 0 Å². The number of methoxy groups -OCH3 is 2. The molecule has 0 unspecified atom stereocenters. The lowest BCUT2D eigenvalue weighted by molar-refractivity contribution is -0.147. The predicted molar refractivity (Wildman–Crippen MR) is 94.8 cm³/mol. The number of amides is 1. The van der Waals surface area contributed by atoms with Crippen molar-refractivity contribution in [3.05, 3.63) is 23.8 Å². The van der Waals surface area contributed by atoms with Crippen molar-refractivity contribution in [3.8, 4) is 5.75 Å². The molecule has 0 aliphatic carbocycles. The quantitative estimate of drug-likeness (QED) is 0.779. The third-order valence-electron chi connectivity index (χ3n) is 5.19. The zero-order chi connectivity index (χ0) is 17.8. The third-order valence-corrected chi connectivity index (χ3v) is 5.19. The van der Waals surface area contributed by atoms with Crippen LogP contribution in [0.4, 0.5) is 5.69 Å². The molecule has 6 nitrogen and oxygen atoms in total. The average Bonchev–Trinajstić information content (AvgIpc) is 2.66. The second-order valence-corrected chi connectivity index (χ2v) is 6.72. The lowest BCUT2D eigenvalue weighted by atomic mass is 9.97. The van der Waals surface area contributed by atoms with Crippen LogP contribution in [0.3, 0.4) is 0 Å². The van der Waals surface area contributed by atoms with E-state index in [9.17, 15) is 9.59 Å². The molecular weight excluding hydrogens is 320 g/mol. The number of carbonyl (C=O) groups is 2. The summed E-state index contributed by atoms with van der Waals surface area (Å²) >= 11 is 0. The number of anilines is 1. The Balaban J connectivity index is 1.61. The number of hydrogen-bond acceptors (Lipinski definition) is 5. The Morgan fingerprint density at radius 1 is 1.16 bits per heavy atom. The highest BCUT2D eigenvalue weighted by Gasteiger charge is 2.29. The van der Waals surface area contributed by atoms with Gasteiger partial charge in [-0.15, -0.1) is 0 Å². The van der Waals surface area contributed by atoms with Crippen molar-refractivity contribution in [2.75, 3.05) is 45.3 Å². The van der Waals surface area contributed by atoms with E-state index in [1.54, 1.807) is 7.11 Å². The zero-order valence-corrected chi connectivity index (χ0v) is 15.0. The Kier molecular flexibility index (Phi) is 5.58. The highest BCUT2D eigenvalue weighted by Crippen LogP contribution is 2.30. The smallest absolute Gasteiger partial charge is 0.308 e. The van der Waals surface area contributed by atoms with E-state index in [0.717, 1.165) is 56.8 Å². The van der Waals surface area contributed by atoms with Gasteiger partial charge in [-0.25, -0.2) is 0 Å². The number of benzene rings is 1. The molecule has 1 fully saturated rings. The summed E-state index contributed by atoms with van der Waals surface area (Å²) in [6.07, 6.45) is 3.46. The van der Waals surface area contributed by atoms with E-state index >= 15 is 0 Å². The van der Waals surface area contributed by atoms with Crippen LogP contribution in [0, 0.1) is 5.92 Å². The molecule has 1 aromatic carbocycles. The number of ether oxygens (including phenoxy) is 2. The van der Waals surface area contributed by atoms with E-state index in [0.29, 0.717) is 6.54 Å². The summed E-state index contributed by atoms with van der Waals surface area (Å²) in [6.45, 7) is 2.68. The monoisotopic (exact) mass is 346 g/mol. The van der Waals surface area contributed by atoms with Crippen LogP contribution in [0.2, 0.25) is 0 Å². The number of piperidine rings is 1. The van der Waals surface area contributed by atoms with Gasteiger partial charge in [0.05, 0.1) is 26.7 Å². The summed E-state index contributed by atoms with van der Waals surface area (Å²) in [5.41, 5.74) is 2.17. The summed E-state index contributed by atoms with van der Waals surface area (Å²) in [5, 5.41) is 0. The second-order valence-electron chi connectivity index (χ2n) is 6.72. The van der Waals surface area contributed by atoms with E-state index in [4.69, 9.17) is 9.47 Å². The van der Waals surface area contributed by atoms with Crippen molar-refractivity contribution in [2.24, 2.45) is 5.92 Å². The molecule has 2 aliphatic heterocycles. The first-order valence-electron chi connectivity index (χ1n) is 8.90. The minimum atomic E-state index is -0.134. The summed E-state index contributed by atoms with van der Waals surface area (Å²) in [4.78, 5) is 28.5. The van der Waals surface area contributed by atoms with Crippen molar-refractivity contribution in [3.63, 3.8) is 0 Å². The molecule has 0 N–H and O–H groups in total. The lowest BCUT2D eigenvalue weighted by Crippen LogP contribution is -2.45. The maximum atomic E-state index is 12.8. The molecule has 136 valence electrons. The predicted octanol–water partition coefficient (Wildman–Crippen LogP) is 1.86. The molecule has 25 heavy (non-hydrogen) atoms. The molecule has 3 rings (SSSR count). The van der Waals surface area contributed by atoms with Crippen molar-refractivity contribution < 1.29 is 19.1 Å². The molecular formula is C19H26N2O4. The van der Waals surface area contributed by atoms with Gasteiger partial charge in [-0.3, -0.25) is 14.5 Å². The molecule has 1 aromatic rings. The van der Waals surface area contributed by atoms with Gasteiger partial charge in [0, 0.05) is 12.2 Å². The minimum Gasteiger partial charge on any atom is -0.497 e. The number of likely N-dealkylation sites (tertiary alicyclic amines) is 1. The SMILES string of the molecule is COC(=O)C1CCN(CC(=O)N2CCCc3cc(OC)ccc32)CC1. The third kappa shape index (κ3) is 3.95. The lowest BCUT2D eigenvalue weighted by Gasteiger charge is -2.34. The van der Waals surface area contributed by atoms with Gasteiger partial charge in [0.15, 0.2) is 0 Å². The number of nitrogens with zero attached hydrogens (tertiary/aromatic N) is 2. The first-order valence-corrected chi connectivity index (χ1v) is 8.90. The van der Waals surface area contributed by atoms with Crippen LogP contribution in [0.1, 0.15) is 24.8 Å². The first-order chi connectivity index (χ1) is 12.1. The Hall–Kier alpha value is -2.08. The number of hydrogen-bond donors (Lipinski definition) is 0. The summed E-state index contributed by atoms with van der Waals surface area (Å²) < 4.78 is 10.1. The van der Waals surface area contributed by atoms with Gasteiger partial charge in [0.25, 0.3) is 0 Å². The van der Waals surface area contributed by atoms with Crippen molar-refractivity contribution in [1.29, 1.82) is 0 Å². The number of carbonyl (C=O) groups excluding carboxylic acids is 2. The van der Waals surface area contributed by atoms with Gasteiger partial charge in [-0.05, 0) is 62.5 Å². The van der Waals surface area contributed by atoms with Gasteiger partial charge in [0.2, 0.25) is 5.91 Å². The Morgan fingerprint density at radius 2 is 1.92 bits per heavy atom. The van der Waals surface area contributed by atoms with Gasteiger partial charge in [-0.2, -0.15) is 0 Å². The Bertz CT molecular complexity index is 638. The standard InChI is InChI=1S/C19H26N2O4/c1-24-16-5-6-17-15(12-16)4-3-9-21(17)18(22)13-20-10-7-14(8-11-20)19(23)25-2/h5-6,12,14H,3-4,7-11,13H2,1-2H3. The van der Waals surface area contributed by atoms with E-state index < -0.39 is 0 Å². The molecule has 2 heterocycles. The molecule has 0 atom stereocenters. The van der Waals surface area contributed by atoms with Crippen molar-refractivity contribution >= 4 is 17.6 Å². The van der Waals surface area contributed by atoms with Crippen molar-refractivity contribution in [1.82, 2.24) is 4.90 Å². The molecule has 0 saturated carbocycles. The largest absolute Gasteiger partial charge is 0.497 e. The number of esters is 1. The highest BCUT2D eigenvalue weighted by molar-refractivity contribution is 5.96. The van der Waals surface area contributed by atoms with E-state index in [-0.39, 0.29) is 17.8 Å². The van der Waals surface area contributed by atoms with Crippen molar-refractivity contribution in [2.45, 2.75) is 25.7 Å². The van der Waals surface area contributed by atoms with Crippen LogP contribution in [0.15, 0.2) is 18.2 Å². The zero-order valence-electron chi connectivity index (χ0n) is 15.0. The topological polar surface area (TPSA) is 59.1 Å². The fourth-order valence-corrected chi connectivity index (χ4v) is 3.73.